The van der Waals surface area contributed by atoms with Crippen LogP contribution in [0.1, 0.15) is 10.8 Å². The minimum absolute atomic E-state index is 0.476. The Balaban J connectivity index is 3.21. The van der Waals surface area contributed by atoms with Crippen molar-refractivity contribution in [2.45, 2.75) is 5.92 Å². The van der Waals surface area contributed by atoms with Crippen molar-refractivity contribution in [3.05, 3.63) is 27.1 Å². The molecule has 9 heteroatoms. The molecule has 0 radical (unpaired) electrons. The monoisotopic (exact) mass is 317 g/mol. The first-order valence-electron chi connectivity index (χ1n) is 5.85. The number of nitro groups is 1. The summed E-state index contributed by atoms with van der Waals surface area (Å²) in [5.74, 6) is -4.12. The standard InChI is InChI=1S/C12H15NO7S/c1-18-9-5-4-8(21-9)7(6-13(16)17)10(11(14)19-2)12(15)20-3/h4-5,7,10H,6H2,1-3H3. The number of carbonyl (C=O) groups is 2. The molecule has 1 rings (SSSR count). The minimum Gasteiger partial charge on any atom is -0.487 e. The zero-order valence-corrected chi connectivity index (χ0v) is 12.5. The average molecular weight is 317 g/mol. The molecular formula is C12H15NO7S. The molecule has 8 nitrogen and oxygen atoms in total. The van der Waals surface area contributed by atoms with Gasteiger partial charge in [-0.05, 0) is 12.1 Å². The highest BCUT2D eigenvalue weighted by Crippen LogP contribution is 2.35. The molecule has 0 N–H and O–H groups in total. The first-order chi connectivity index (χ1) is 9.94. The van der Waals surface area contributed by atoms with Crippen molar-refractivity contribution in [2.75, 3.05) is 27.9 Å². The van der Waals surface area contributed by atoms with Crippen LogP contribution in [0, 0.1) is 16.0 Å². The van der Waals surface area contributed by atoms with E-state index in [1.807, 2.05) is 0 Å². The van der Waals surface area contributed by atoms with Crippen LogP contribution in [0.2, 0.25) is 0 Å². The number of carbonyl (C=O) groups excluding carboxylic acids is 2. The number of hydrogen-bond acceptors (Lipinski definition) is 8. The van der Waals surface area contributed by atoms with E-state index in [1.165, 1.54) is 7.11 Å². The molecule has 0 saturated heterocycles. The van der Waals surface area contributed by atoms with Gasteiger partial charge in [0, 0.05) is 9.80 Å². The predicted molar refractivity (Wildman–Crippen MR) is 73.0 cm³/mol. The van der Waals surface area contributed by atoms with E-state index in [4.69, 9.17) is 4.74 Å². The number of thiophene rings is 1. The second-order valence-electron chi connectivity index (χ2n) is 4.01. The van der Waals surface area contributed by atoms with Crippen LogP contribution in [0.25, 0.3) is 0 Å². The summed E-state index contributed by atoms with van der Waals surface area (Å²) >= 11 is 1.12. The third-order valence-electron chi connectivity index (χ3n) is 2.83. The topological polar surface area (TPSA) is 105 Å². The average Bonchev–Trinajstić information content (AvgIpc) is 2.94. The molecule has 1 atom stereocenters. The van der Waals surface area contributed by atoms with Gasteiger partial charge in [0.2, 0.25) is 6.54 Å². The van der Waals surface area contributed by atoms with Crippen LogP contribution in [0.15, 0.2) is 12.1 Å². The summed E-state index contributed by atoms with van der Waals surface area (Å²) in [6.07, 6.45) is 0. The zero-order valence-electron chi connectivity index (χ0n) is 11.7. The number of nitrogens with zero attached hydrogens (tertiary/aromatic N) is 1. The molecule has 0 spiro atoms. The molecule has 0 aliphatic rings. The van der Waals surface area contributed by atoms with Gasteiger partial charge in [0.15, 0.2) is 11.0 Å². The third kappa shape index (κ3) is 4.15. The summed E-state index contributed by atoms with van der Waals surface area (Å²) in [7, 11) is 3.67. The van der Waals surface area contributed by atoms with Crippen LogP contribution in [-0.2, 0) is 19.1 Å². The van der Waals surface area contributed by atoms with Crippen molar-refractivity contribution in [2.24, 2.45) is 5.92 Å². The van der Waals surface area contributed by atoms with E-state index in [2.05, 4.69) is 9.47 Å². The van der Waals surface area contributed by atoms with Gasteiger partial charge in [-0.25, -0.2) is 0 Å². The maximum atomic E-state index is 11.8. The second kappa shape index (κ2) is 7.58. The summed E-state index contributed by atoms with van der Waals surface area (Å²) in [5, 5.41) is 11.4. The molecule has 0 fully saturated rings. The number of esters is 2. The fourth-order valence-corrected chi connectivity index (χ4v) is 2.79. The van der Waals surface area contributed by atoms with Crippen molar-refractivity contribution >= 4 is 23.3 Å². The molecule has 1 aromatic rings. The van der Waals surface area contributed by atoms with Crippen LogP contribution in [0.5, 0.6) is 5.06 Å². The minimum atomic E-state index is -1.39. The lowest BCUT2D eigenvalue weighted by atomic mass is 9.91. The molecule has 1 aromatic heterocycles. The van der Waals surface area contributed by atoms with Crippen LogP contribution >= 0.6 is 11.3 Å². The van der Waals surface area contributed by atoms with E-state index in [1.54, 1.807) is 12.1 Å². The Bertz CT molecular complexity index is 511. The Morgan fingerprint density at radius 1 is 1.24 bits per heavy atom. The quantitative estimate of drug-likeness (QED) is 0.320. The summed E-state index contributed by atoms with van der Waals surface area (Å²) in [4.78, 5) is 34.4. The van der Waals surface area contributed by atoms with E-state index >= 15 is 0 Å². The van der Waals surface area contributed by atoms with Crippen LogP contribution in [0.4, 0.5) is 0 Å². The summed E-state index contributed by atoms with van der Waals surface area (Å²) in [6, 6.07) is 3.19. The Labute approximate surface area is 124 Å². The van der Waals surface area contributed by atoms with Gasteiger partial charge in [0.25, 0.3) is 0 Å². The molecule has 0 saturated carbocycles. The van der Waals surface area contributed by atoms with Crippen molar-refractivity contribution in [3.63, 3.8) is 0 Å². The fourth-order valence-electron chi connectivity index (χ4n) is 1.84. The molecule has 0 bridgehead atoms. The van der Waals surface area contributed by atoms with Gasteiger partial charge in [-0.1, -0.05) is 0 Å². The Kier molecular flexibility index (Phi) is 6.10. The lowest BCUT2D eigenvalue weighted by Gasteiger charge is -2.19. The van der Waals surface area contributed by atoms with Gasteiger partial charge in [-0.3, -0.25) is 19.7 Å². The Morgan fingerprint density at radius 3 is 2.19 bits per heavy atom. The molecule has 0 amide bonds. The largest absolute Gasteiger partial charge is 0.487 e. The van der Waals surface area contributed by atoms with Gasteiger partial charge in [0.1, 0.15) is 0 Å². The van der Waals surface area contributed by atoms with Crippen LogP contribution < -0.4 is 4.74 Å². The van der Waals surface area contributed by atoms with Crippen molar-refractivity contribution < 1.29 is 28.7 Å². The first kappa shape index (κ1) is 16.9. The molecule has 0 aliphatic carbocycles. The zero-order chi connectivity index (χ0) is 16.0. The molecule has 0 aromatic carbocycles. The lowest BCUT2D eigenvalue weighted by Crippen LogP contribution is -2.35. The smallest absolute Gasteiger partial charge is 0.320 e. The van der Waals surface area contributed by atoms with Gasteiger partial charge < -0.3 is 14.2 Å². The van der Waals surface area contributed by atoms with E-state index in [0.29, 0.717) is 9.94 Å². The summed E-state index contributed by atoms with van der Waals surface area (Å²) in [6.45, 7) is -0.599. The maximum absolute atomic E-state index is 11.8. The number of methoxy groups -OCH3 is 3. The number of ether oxygens (including phenoxy) is 3. The third-order valence-corrected chi connectivity index (χ3v) is 4.01. The van der Waals surface area contributed by atoms with E-state index in [0.717, 1.165) is 25.6 Å². The van der Waals surface area contributed by atoms with Gasteiger partial charge in [0.05, 0.1) is 27.2 Å². The van der Waals surface area contributed by atoms with Crippen molar-refractivity contribution in [3.8, 4) is 5.06 Å². The summed E-state index contributed by atoms with van der Waals surface area (Å²) < 4.78 is 14.1. The number of hydrogen-bond donors (Lipinski definition) is 0. The highest BCUT2D eigenvalue weighted by Gasteiger charge is 2.41. The van der Waals surface area contributed by atoms with Gasteiger partial charge in [-0.15, -0.1) is 11.3 Å². The predicted octanol–water partition coefficient (Wildman–Crippen LogP) is 1.08. The number of rotatable bonds is 7. The highest BCUT2D eigenvalue weighted by molar-refractivity contribution is 7.13. The maximum Gasteiger partial charge on any atom is 0.320 e. The van der Waals surface area contributed by atoms with Crippen molar-refractivity contribution in [1.82, 2.24) is 0 Å². The van der Waals surface area contributed by atoms with Crippen molar-refractivity contribution in [1.29, 1.82) is 0 Å². The van der Waals surface area contributed by atoms with E-state index < -0.39 is 35.2 Å². The first-order valence-corrected chi connectivity index (χ1v) is 6.67. The lowest BCUT2D eigenvalue weighted by molar-refractivity contribution is -0.484. The molecular weight excluding hydrogens is 302 g/mol. The molecule has 1 heterocycles. The molecule has 1 unspecified atom stereocenters. The summed E-state index contributed by atoms with van der Waals surface area (Å²) in [5.41, 5.74) is 0. The molecule has 0 aliphatic heterocycles. The SMILES string of the molecule is COC(=O)C(C(=O)OC)C(C[N+](=O)[O-])c1ccc(OC)s1. The Hall–Kier alpha value is -2.16. The second-order valence-corrected chi connectivity index (χ2v) is 5.08. The normalized spacial score (nSPS) is 11.8. The fraction of sp³-hybridized carbons (Fsp3) is 0.500. The van der Waals surface area contributed by atoms with E-state index in [9.17, 15) is 19.7 Å². The van der Waals surface area contributed by atoms with Crippen LogP contribution in [0.3, 0.4) is 0 Å². The van der Waals surface area contributed by atoms with Gasteiger partial charge >= 0.3 is 11.9 Å². The van der Waals surface area contributed by atoms with Crippen LogP contribution in [-0.4, -0.2) is 44.7 Å². The van der Waals surface area contributed by atoms with Gasteiger partial charge in [-0.2, -0.15) is 0 Å². The highest BCUT2D eigenvalue weighted by atomic mass is 32.1. The molecule has 116 valence electrons. The molecule has 21 heavy (non-hydrogen) atoms. The van der Waals surface area contributed by atoms with E-state index in [-0.39, 0.29) is 0 Å². The Morgan fingerprint density at radius 2 is 1.81 bits per heavy atom.